The fourth-order valence-electron chi connectivity index (χ4n) is 2.11. The first-order valence-corrected chi connectivity index (χ1v) is 7.59. The summed E-state index contributed by atoms with van der Waals surface area (Å²) in [5, 5.41) is 7.02. The van der Waals surface area contributed by atoms with Gasteiger partial charge in [-0.3, -0.25) is 0 Å². The standard InChI is InChI=1S/C14H16BrN3O3/c1-9-17-13(21-18-9)8-16-7-10-5-11(15)14-12(6-10)19-3-2-4-20-14/h5-6,16H,2-4,7-8H2,1H3. The van der Waals surface area contributed by atoms with Gasteiger partial charge in [-0.2, -0.15) is 4.98 Å². The number of hydrogen-bond donors (Lipinski definition) is 1. The van der Waals surface area contributed by atoms with Crippen molar-refractivity contribution in [3.05, 3.63) is 33.9 Å². The molecule has 1 aliphatic rings. The van der Waals surface area contributed by atoms with Crippen molar-refractivity contribution in [3.8, 4) is 11.5 Å². The van der Waals surface area contributed by atoms with Gasteiger partial charge in [0.2, 0.25) is 5.89 Å². The number of ether oxygens (including phenoxy) is 2. The molecule has 0 unspecified atom stereocenters. The van der Waals surface area contributed by atoms with E-state index in [9.17, 15) is 0 Å². The van der Waals surface area contributed by atoms with Crippen molar-refractivity contribution < 1.29 is 14.0 Å². The summed E-state index contributed by atoms with van der Waals surface area (Å²) < 4.78 is 17.4. The van der Waals surface area contributed by atoms with Crippen LogP contribution in [0.1, 0.15) is 23.7 Å². The van der Waals surface area contributed by atoms with Crippen molar-refractivity contribution in [2.45, 2.75) is 26.4 Å². The van der Waals surface area contributed by atoms with Crippen LogP contribution < -0.4 is 14.8 Å². The van der Waals surface area contributed by atoms with Crippen LogP contribution in [0.2, 0.25) is 0 Å². The van der Waals surface area contributed by atoms with E-state index in [-0.39, 0.29) is 0 Å². The Kier molecular flexibility index (Phi) is 4.40. The minimum atomic E-state index is 0.535. The lowest BCUT2D eigenvalue weighted by atomic mass is 10.2. The van der Waals surface area contributed by atoms with E-state index in [1.54, 1.807) is 6.92 Å². The van der Waals surface area contributed by atoms with Gasteiger partial charge in [0.25, 0.3) is 0 Å². The van der Waals surface area contributed by atoms with Gasteiger partial charge in [-0.25, -0.2) is 0 Å². The normalized spacial score (nSPS) is 14.0. The predicted octanol–water partition coefficient (Wildman–Crippen LogP) is 2.59. The van der Waals surface area contributed by atoms with E-state index >= 15 is 0 Å². The van der Waals surface area contributed by atoms with E-state index in [0.29, 0.717) is 38.0 Å². The summed E-state index contributed by atoms with van der Waals surface area (Å²) >= 11 is 3.53. The minimum absolute atomic E-state index is 0.535. The van der Waals surface area contributed by atoms with Gasteiger partial charge in [0.05, 0.1) is 24.2 Å². The molecule has 1 aliphatic heterocycles. The van der Waals surface area contributed by atoms with Gasteiger partial charge < -0.3 is 19.3 Å². The third-order valence-electron chi connectivity index (χ3n) is 3.04. The van der Waals surface area contributed by atoms with E-state index in [4.69, 9.17) is 14.0 Å². The molecule has 0 amide bonds. The Hall–Kier alpha value is -1.60. The van der Waals surface area contributed by atoms with Crippen molar-refractivity contribution in [1.82, 2.24) is 15.5 Å². The molecule has 0 atom stereocenters. The van der Waals surface area contributed by atoms with Gasteiger partial charge in [0.1, 0.15) is 0 Å². The number of rotatable bonds is 4. The molecule has 1 N–H and O–H groups in total. The summed E-state index contributed by atoms with van der Waals surface area (Å²) in [6.45, 7) is 4.37. The van der Waals surface area contributed by atoms with Gasteiger partial charge in [-0.15, -0.1) is 0 Å². The van der Waals surface area contributed by atoms with Crippen molar-refractivity contribution >= 4 is 15.9 Å². The number of nitrogens with zero attached hydrogens (tertiary/aromatic N) is 2. The molecule has 3 rings (SSSR count). The highest BCUT2D eigenvalue weighted by Gasteiger charge is 2.15. The molecule has 2 aromatic rings. The Labute approximate surface area is 131 Å². The van der Waals surface area contributed by atoms with Gasteiger partial charge in [-0.1, -0.05) is 5.16 Å². The van der Waals surface area contributed by atoms with Crippen LogP contribution in [0.4, 0.5) is 0 Å². The zero-order valence-corrected chi connectivity index (χ0v) is 13.3. The van der Waals surface area contributed by atoms with Crippen molar-refractivity contribution in [2.75, 3.05) is 13.2 Å². The second-order valence-electron chi connectivity index (χ2n) is 4.79. The molecule has 112 valence electrons. The third kappa shape index (κ3) is 3.54. The maximum absolute atomic E-state index is 5.71. The van der Waals surface area contributed by atoms with E-state index < -0.39 is 0 Å². The van der Waals surface area contributed by atoms with Crippen LogP contribution in [0.5, 0.6) is 11.5 Å². The third-order valence-corrected chi connectivity index (χ3v) is 3.63. The van der Waals surface area contributed by atoms with E-state index in [2.05, 4.69) is 31.4 Å². The van der Waals surface area contributed by atoms with Gasteiger partial charge in [0.15, 0.2) is 17.3 Å². The Bertz CT molecular complexity index is 630. The molecule has 21 heavy (non-hydrogen) atoms. The number of aromatic nitrogens is 2. The summed E-state index contributed by atoms with van der Waals surface area (Å²) in [4.78, 5) is 4.15. The molecule has 1 aromatic carbocycles. The Morgan fingerprint density at radius 1 is 1.24 bits per heavy atom. The Morgan fingerprint density at radius 2 is 2.10 bits per heavy atom. The first-order valence-electron chi connectivity index (χ1n) is 6.80. The number of nitrogens with one attached hydrogen (secondary N) is 1. The second-order valence-corrected chi connectivity index (χ2v) is 5.65. The summed E-state index contributed by atoms with van der Waals surface area (Å²) in [6, 6.07) is 4.02. The number of aryl methyl sites for hydroxylation is 1. The molecule has 0 aliphatic carbocycles. The largest absolute Gasteiger partial charge is 0.490 e. The predicted molar refractivity (Wildman–Crippen MR) is 79.3 cm³/mol. The topological polar surface area (TPSA) is 69.4 Å². The highest BCUT2D eigenvalue weighted by Crippen LogP contribution is 2.38. The molecular formula is C14H16BrN3O3. The highest BCUT2D eigenvalue weighted by molar-refractivity contribution is 9.10. The summed E-state index contributed by atoms with van der Waals surface area (Å²) in [6.07, 6.45) is 0.894. The van der Waals surface area contributed by atoms with Crippen LogP contribution in [0.15, 0.2) is 21.1 Å². The van der Waals surface area contributed by atoms with Crippen molar-refractivity contribution in [1.29, 1.82) is 0 Å². The Morgan fingerprint density at radius 3 is 2.90 bits per heavy atom. The molecule has 0 fully saturated rings. The van der Waals surface area contributed by atoms with Gasteiger partial charge in [0, 0.05) is 13.0 Å². The molecular weight excluding hydrogens is 338 g/mol. The molecule has 0 radical (unpaired) electrons. The number of halogens is 1. The van der Waals surface area contributed by atoms with Crippen LogP contribution in [0, 0.1) is 6.92 Å². The average Bonchev–Trinajstić information content (AvgIpc) is 2.73. The minimum Gasteiger partial charge on any atom is -0.490 e. The van der Waals surface area contributed by atoms with Crippen molar-refractivity contribution in [3.63, 3.8) is 0 Å². The highest BCUT2D eigenvalue weighted by atomic mass is 79.9. The van der Waals surface area contributed by atoms with Crippen molar-refractivity contribution in [2.24, 2.45) is 0 Å². The molecule has 0 spiro atoms. The van der Waals surface area contributed by atoms with Crippen LogP contribution in [-0.2, 0) is 13.1 Å². The molecule has 1 aromatic heterocycles. The zero-order chi connectivity index (χ0) is 14.7. The lowest BCUT2D eigenvalue weighted by molar-refractivity contribution is 0.296. The average molecular weight is 354 g/mol. The van der Waals surface area contributed by atoms with Crippen LogP contribution in [0.3, 0.4) is 0 Å². The molecule has 6 nitrogen and oxygen atoms in total. The molecule has 2 heterocycles. The SMILES string of the molecule is Cc1noc(CNCc2cc(Br)c3c(c2)OCCCO3)n1. The zero-order valence-electron chi connectivity index (χ0n) is 11.7. The second kappa shape index (κ2) is 6.44. The quantitative estimate of drug-likeness (QED) is 0.910. The summed E-state index contributed by atoms with van der Waals surface area (Å²) in [7, 11) is 0. The van der Waals surface area contributed by atoms with Gasteiger partial charge >= 0.3 is 0 Å². The molecule has 0 saturated carbocycles. The van der Waals surface area contributed by atoms with Crippen LogP contribution in [-0.4, -0.2) is 23.4 Å². The smallest absolute Gasteiger partial charge is 0.240 e. The van der Waals surface area contributed by atoms with Crippen LogP contribution >= 0.6 is 15.9 Å². The molecule has 0 saturated heterocycles. The van der Waals surface area contributed by atoms with E-state index in [1.165, 1.54) is 0 Å². The van der Waals surface area contributed by atoms with E-state index in [1.807, 2.05) is 12.1 Å². The van der Waals surface area contributed by atoms with Gasteiger partial charge in [-0.05, 0) is 40.5 Å². The first-order chi connectivity index (χ1) is 10.2. The number of hydrogen-bond acceptors (Lipinski definition) is 6. The first kappa shape index (κ1) is 14.3. The monoisotopic (exact) mass is 353 g/mol. The summed E-state index contributed by atoms with van der Waals surface area (Å²) in [5.74, 6) is 2.79. The fraction of sp³-hybridized carbons (Fsp3) is 0.429. The summed E-state index contributed by atoms with van der Waals surface area (Å²) in [5.41, 5.74) is 1.10. The fourth-order valence-corrected chi connectivity index (χ4v) is 2.72. The lowest BCUT2D eigenvalue weighted by Crippen LogP contribution is -2.13. The number of benzene rings is 1. The maximum atomic E-state index is 5.71. The number of fused-ring (bicyclic) bond motifs is 1. The lowest BCUT2D eigenvalue weighted by Gasteiger charge is -2.12. The maximum Gasteiger partial charge on any atom is 0.240 e. The molecule has 7 heteroatoms. The van der Waals surface area contributed by atoms with Crippen LogP contribution in [0.25, 0.3) is 0 Å². The molecule has 0 bridgehead atoms. The van der Waals surface area contributed by atoms with E-state index in [0.717, 1.165) is 28.0 Å². The Balaban J connectivity index is 1.65.